The summed E-state index contributed by atoms with van der Waals surface area (Å²) in [5.41, 5.74) is 0.674. The van der Waals surface area contributed by atoms with Crippen molar-refractivity contribution in [3.8, 4) is 29.2 Å². The van der Waals surface area contributed by atoms with Crippen molar-refractivity contribution in [2.24, 2.45) is 7.05 Å². The molecule has 0 amide bonds. The monoisotopic (exact) mass is 350 g/mol. The van der Waals surface area contributed by atoms with E-state index in [1.807, 2.05) is 6.07 Å². The smallest absolute Gasteiger partial charge is 0.353 e. The first kappa shape index (κ1) is 17.0. The molecule has 130 valence electrons. The van der Waals surface area contributed by atoms with E-state index in [1.54, 1.807) is 62.5 Å². The fourth-order valence-corrected chi connectivity index (χ4v) is 2.37. The van der Waals surface area contributed by atoms with Gasteiger partial charge in [-0.2, -0.15) is 10.4 Å². The van der Waals surface area contributed by atoms with Crippen LogP contribution in [0.15, 0.2) is 48.5 Å². The van der Waals surface area contributed by atoms with Crippen molar-refractivity contribution in [2.75, 3.05) is 0 Å². The van der Waals surface area contributed by atoms with Crippen LogP contribution in [0, 0.1) is 28.4 Å². The zero-order valence-electron chi connectivity index (χ0n) is 14.0. The Kier molecular flexibility index (Phi) is 4.53. The highest BCUT2D eigenvalue weighted by molar-refractivity contribution is 5.48. The molecule has 2 aromatic carbocycles. The molecule has 0 spiro atoms. The van der Waals surface area contributed by atoms with Crippen LogP contribution in [0.4, 0.5) is 5.69 Å². The van der Waals surface area contributed by atoms with Gasteiger partial charge in [-0.25, -0.2) is 4.68 Å². The second-order valence-electron chi connectivity index (χ2n) is 5.43. The molecule has 0 aliphatic heterocycles. The summed E-state index contributed by atoms with van der Waals surface area (Å²) in [7, 11) is 1.58. The second kappa shape index (κ2) is 6.94. The third-order valence-corrected chi connectivity index (χ3v) is 3.58. The summed E-state index contributed by atoms with van der Waals surface area (Å²) >= 11 is 0. The molecule has 0 aliphatic carbocycles. The fraction of sp³-hybridized carbons (Fsp3) is 0.111. The molecule has 0 bridgehead atoms. The van der Waals surface area contributed by atoms with E-state index in [2.05, 4.69) is 5.10 Å². The van der Waals surface area contributed by atoms with Gasteiger partial charge in [-0.3, -0.25) is 10.1 Å². The van der Waals surface area contributed by atoms with Gasteiger partial charge in [-0.05, 0) is 55.5 Å². The van der Waals surface area contributed by atoms with Gasteiger partial charge in [0, 0.05) is 7.05 Å². The molecular formula is C18H14N4O4. The van der Waals surface area contributed by atoms with Crippen LogP contribution in [0.25, 0.3) is 0 Å². The summed E-state index contributed by atoms with van der Waals surface area (Å²) in [6.07, 6.45) is 0. The standard InChI is InChI=1S/C18H14N4O4/c1-12-17(22(23)24)18(21(2)20-12)26-16-9-7-15(8-10-16)25-14-5-3-13(11-19)4-6-14/h3-10H,1-2H3. The minimum atomic E-state index is -0.514. The number of hydrogen-bond donors (Lipinski definition) is 0. The zero-order valence-corrected chi connectivity index (χ0v) is 14.0. The van der Waals surface area contributed by atoms with Crippen molar-refractivity contribution in [3.05, 3.63) is 69.9 Å². The van der Waals surface area contributed by atoms with Crippen molar-refractivity contribution < 1.29 is 14.4 Å². The molecule has 0 N–H and O–H groups in total. The Bertz CT molecular complexity index is 986. The molecule has 3 rings (SSSR count). The Labute approximate surface area is 149 Å². The van der Waals surface area contributed by atoms with Crippen LogP contribution >= 0.6 is 0 Å². The van der Waals surface area contributed by atoms with Crippen molar-refractivity contribution in [1.29, 1.82) is 5.26 Å². The summed E-state index contributed by atoms with van der Waals surface area (Å²) < 4.78 is 12.6. The lowest BCUT2D eigenvalue weighted by atomic mass is 10.2. The molecule has 3 aromatic rings. The summed E-state index contributed by atoms with van der Waals surface area (Å²) in [4.78, 5) is 10.7. The molecular weight excluding hydrogens is 336 g/mol. The average molecular weight is 350 g/mol. The van der Waals surface area contributed by atoms with Crippen LogP contribution < -0.4 is 9.47 Å². The van der Waals surface area contributed by atoms with E-state index < -0.39 is 4.92 Å². The number of rotatable bonds is 5. The molecule has 26 heavy (non-hydrogen) atoms. The number of aryl methyl sites for hydroxylation is 2. The molecule has 0 fully saturated rings. The molecule has 0 atom stereocenters. The van der Waals surface area contributed by atoms with Crippen LogP contribution in [0.5, 0.6) is 23.1 Å². The number of ether oxygens (including phenoxy) is 2. The van der Waals surface area contributed by atoms with E-state index >= 15 is 0 Å². The quantitative estimate of drug-likeness (QED) is 0.507. The minimum Gasteiger partial charge on any atom is -0.457 e. The first-order valence-electron chi connectivity index (χ1n) is 7.62. The van der Waals surface area contributed by atoms with E-state index in [0.717, 1.165) is 0 Å². The predicted octanol–water partition coefficient (Wildman–Crippen LogP) is 4.09. The van der Waals surface area contributed by atoms with Crippen molar-refractivity contribution in [2.45, 2.75) is 6.92 Å². The maximum Gasteiger partial charge on any atom is 0.353 e. The van der Waals surface area contributed by atoms with Crippen LogP contribution in [-0.2, 0) is 7.05 Å². The Morgan fingerprint density at radius 1 is 1.04 bits per heavy atom. The summed E-state index contributed by atoms with van der Waals surface area (Å²) in [6, 6.07) is 15.4. The molecule has 0 aliphatic rings. The fourth-order valence-electron chi connectivity index (χ4n) is 2.37. The highest BCUT2D eigenvalue weighted by Crippen LogP contribution is 2.34. The minimum absolute atomic E-state index is 0.0632. The Hall–Kier alpha value is -3.86. The highest BCUT2D eigenvalue weighted by Gasteiger charge is 2.26. The lowest BCUT2D eigenvalue weighted by molar-refractivity contribution is -0.386. The molecule has 0 saturated heterocycles. The van der Waals surface area contributed by atoms with E-state index in [4.69, 9.17) is 14.7 Å². The molecule has 1 heterocycles. The Morgan fingerprint density at radius 3 is 2.04 bits per heavy atom. The third kappa shape index (κ3) is 3.47. The lowest BCUT2D eigenvalue weighted by Gasteiger charge is -2.08. The summed E-state index contributed by atoms with van der Waals surface area (Å²) in [6.45, 7) is 1.56. The van der Waals surface area contributed by atoms with E-state index in [9.17, 15) is 10.1 Å². The third-order valence-electron chi connectivity index (χ3n) is 3.58. The number of aromatic nitrogens is 2. The first-order valence-corrected chi connectivity index (χ1v) is 7.62. The average Bonchev–Trinajstić information content (AvgIpc) is 2.91. The predicted molar refractivity (Wildman–Crippen MR) is 92.3 cm³/mol. The number of nitro groups is 1. The largest absolute Gasteiger partial charge is 0.457 e. The number of hydrogen-bond acceptors (Lipinski definition) is 6. The van der Waals surface area contributed by atoms with Crippen molar-refractivity contribution >= 4 is 5.69 Å². The normalized spacial score (nSPS) is 10.2. The maximum absolute atomic E-state index is 11.2. The molecule has 1 aromatic heterocycles. The SMILES string of the molecule is Cc1nn(C)c(Oc2ccc(Oc3ccc(C#N)cc3)cc2)c1[N+](=O)[O-]. The lowest BCUT2D eigenvalue weighted by Crippen LogP contribution is -1.97. The van der Waals surface area contributed by atoms with Crippen LogP contribution in [-0.4, -0.2) is 14.7 Å². The van der Waals surface area contributed by atoms with Crippen molar-refractivity contribution in [3.63, 3.8) is 0 Å². The van der Waals surface area contributed by atoms with Crippen LogP contribution in [0.1, 0.15) is 11.3 Å². The first-order chi connectivity index (χ1) is 12.5. The van der Waals surface area contributed by atoms with Crippen LogP contribution in [0.2, 0.25) is 0 Å². The van der Waals surface area contributed by atoms with Gasteiger partial charge in [0.05, 0.1) is 16.6 Å². The zero-order chi connectivity index (χ0) is 18.7. The molecule has 0 saturated carbocycles. The number of benzene rings is 2. The van der Waals surface area contributed by atoms with Crippen LogP contribution in [0.3, 0.4) is 0 Å². The van der Waals surface area contributed by atoms with E-state index in [-0.39, 0.29) is 17.3 Å². The van der Waals surface area contributed by atoms with E-state index in [1.165, 1.54) is 4.68 Å². The van der Waals surface area contributed by atoms with Gasteiger partial charge in [0.25, 0.3) is 5.88 Å². The molecule has 8 heteroatoms. The Morgan fingerprint density at radius 2 is 1.54 bits per heavy atom. The van der Waals surface area contributed by atoms with Gasteiger partial charge >= 0.3 is 5.69 Å². The van der Waals surface area contributed by atoms with Gasteiger partial charge in [0.15, 0.2) is 0 Å². The van der Waals surface area contributed by atoms with Crippen molar-refractivity contribution in [1.82, 2.24) is 9.78 Å². The van der Waals surface area contributed by atoms with Gasteiger partial charge < -0.3 is 9.47 Å². The topological polar surface area (TPSA) is 103 Å². The number of nitrogens with zero attached hydrogens (tertiary/aromatic N) is 4. The second-order valence-corrected chi connectivity index (χ2v) is 5.43. The molecule has 8 nitrogen and oxygen atoms in total. The Balaban J connectivity index is 1.76. The molecule has 0 unspecified atom stereocenters. The summed E-state index contributed by atoms with van der Waals surface area (Å²) in [5, 5.41) is 24.0. The number of nitriles is 1. The van der Waals surface area contributed by atoms with E-state index in [0.29, 0.717) is 22.8 Å². The van der Waals surface area contributed by atoms with Gasteiger partial charge in [-0.15, -0.1) is 0 Å². The highest BCUT2D eigenvalue weighted by atomic mass is 16.6. The van der Waals surface area contributed by atoms with Gasteiger partial charge in [0.1, 0.15) is 22.9 Å². The maximum atomic E-state index is 11.2. The summed E-state index contributed by atoms with van der Waals surface area (Å²) in [5.74, 6) is 1.64. The van der Waals surface area contributed by atoms with Gasteiger partial charge in [0.2, 0.25) is 0 Å². The molecule has 0 radical (unpaired) electrons. The van der Waals surface area contributed by atoms with Gasteiger partial charge in [-0.1, -0.05) is 0 Å².